The summed E-state index contributed by atoms with van der Waals surface area (Å²) in [5.74, 6) is -2.28. The van der Waals surface area contributed by atoms with Crippen LogP contribution in [0.25, 0.3) is 0 Å². The number of rotatable bonds is 4. The molecule has 0 heterocycles. The molecule has 8 heteroatoms. The Morgan fingerprint density at radius 1 is 1.35 bits per heavy atom. The van der Waals surface area contributed by atoms with Gasteiger partial charge in [0.05, 0.1) is 0 Å². The van der Waals surface area contributed by atoms with Gasteiger partial charge in [-0.2, -0.15) is 13.2 Å². The molecule has 17 heavy (non-hydrogen) atoms. The molecule has 1 aliphatic carbocycles. The molecule has 0 radical (unpaired) electrons. The molecule has 0 unspecified atom stereocenters. The lowest BCUT2D eigenvalue weighted by Crippen LogP contribution is -2.53. The van der Waals surface area contributed by atoms with Crippen LogP contribution in [0.3, 0.4) is 0 Å². The normalized spacial score (nSPS) is 19.4. The Balaban J connectivity index is 2.70. The molecule has 0 aromatic heterocycles. The van der Waals surface area contributed by atoms with Crippen LogP contribution in [0.4, 0.5) is 13.2 Å². The van der Waals surface area contributed by atoms with Crippen LogP contribution in [0.2, 0.25) is 0 Å². The van der Waals surface area contributed by atoms with Gasteiger partial charge in [0.25, 0.3) is 0 Å². The fraction of sp³-hybridized carbons (Fsp3) is 0.778. The molecule has 1 fully saturated rings. The predicted molar refractivity (Wildman–Crippen MR) is 48.7 cm³/mol. The highest BCUT2D eigenvalue weighted by Crippen LogP contribution is 2.27. The van der Waals surface area contributed by atoms with Gasteiger partial charge in [-0.25, -0.2) is 4.79 Å². The van der Waals surface area contributed by atoms with Gasteiger partial charge in [0.2, 0.25) is 6.10 Å². The zero-order chi connectivity index (χ0) is 13.2. The van der Waals surface area contributed by atoms with Gasteiger partial charge in [-0.05, 0) is 12.8 Å². The third-order valence-corrected chi connectivity index (χ3v) is 2.04. The molecule has 0 bridgehead atoms. The van der Waals surface area contributed by atoms with E-state index in [1.54, 1.807) is 0 Å². The van der Waals surface area contributed by atoms with Crippen molar-refractivity contribution in [1.29, 1.82) is 0 Å². The minimum Gasteiger partial charge on any atom is -0.460 e. The highest BCUT2D eigenvalue weighted by Gasteiger charge is 2.48. The molecule has 2 atom stereocenters. The van der Waals surface area contributed by atoms with Crippen LogP contribution in [-0.2, 0) is 19.1 Å². The summed E-state index contributed by atoms with van der Waals surface area (Å²) >= 11 is 0. The van der Waals surface area contributed by atoms with Crippen LogP contribution in [0, 0.1) is 0 Å². The molecule has 0 aliphatic heterocycles. The molecule has 2 N–H and O–H groups in total. The maximum absolute atomic E-state index is 12.3. The first-order valence-electron chi connectivity index (χ1n) is 4.92. The number of alkyl halides is 3. The van der Waals surface area contributed by atoms with E-state index >= 15 is 0 Å². The molecule has 1 aliphatic rings. The van der Waals surface area contributed by atoms with Crippen molar-refractivity contribution in [3.8, 4) is 0 Å². The van der Waals surface area contributed by atoms with Gasteiger partial charge in [0.1, 0.15) is 12.1 Å². The van der Waals surface area contributed by atoms with E-state index in [1.165, 1.54) is 0 Å². The summed E-state index contributed by atoms with van der Waals surface area (Å²) in [6.07, 6.45) is -6.18. The van der Waals surface area contributed by atoms with E-state index in [0.717, 1.165) is 6.92 Å². The highest BCUT2D eigenvalue weighted by atomic mass is 19.4. The van der Waals surface area contributed by atoms with Crippen LogP contribution in [0.1, 0.15) is 19.8 Å². The summed E-state index contributed by atoms with van der Waals surface area (Å²) in [5, 5.41) is 0. The van der Waals surface area contributed by atoms with Crippen LogP contribution in [0.5, 0.6) is 0 Å². The second kappa shape index (κ2) is 4.91. The first-order valence-corrected chi connectivity index (χ1v) is 4.92. The largest absolute Gasteiger partial charge is 0.460 e. The molecule has 1 saturated carbocycles. The third-order valence-electron chi connectivity index (χ3n) is 2.04. The standard InChI is InChI=1S/C9H12F3NO4/c1-4(14)16-6(7(13)9(10,11)12)8(15)17-5-2-3-5/h5-7H,2-3,13H2,1H3/t6-,7-/m0/s1. The van der Waals surface area contributed by atoms with Crippen molar-refractivity contribution < 1.29 is 32.2 Å². The molecule has 0 aromatic rings. The van der Waals surface area contributed by atoms with E-state index in [2.05, 4.69) is 9.47 Å². The Hall–Kier alpha value is -1.31. The molecule has 0 amide bonds. The molecule has 0 spiro atoms. The van der Waals surface area contributed by atoms with E-state index in [-0.39, 0.29) is 6.10 Å². The zero-order valence-corrected chi connectivity index (χ0v) is 8.99. The van der Waals surface area contributed by atoms with Crippen molar-refractivity contribution in [3.63, 3.8) is 0 Å². The third kappa shape index (κ3) is 4.22. The number of halogens is 3. The Bertz CT molecular complexity index is 314. The minimum atomic E-state index is -4.84. The minimum absolute atomic E-state index is 0.388. The van der Waals surface area contributed by atoms with Crippen molar-refractivity contribution in [2.75, 3.05) is 0 Å². The second-order valence-electron chi connectivity index (χ2n) is 3.73. The van der Waals surface area contributed by atoms with E-state index in [0.29, 0.717) is 12.8 Å². The SMILES string of the molecule is CC(=O)O[C@H](C(=O)OC1CC1)[C@H](N)C(F)(F)F. The maximum atomic E-state index is 12.3. The number of ether oxygens (including phenoxy) is 2. The molecule has 5 nitrogen and oxygen atoms in total. The lowest BCUT2D eigenvalue weighted by Gasteiger charge is -2.23. The van der Waals surface area contributed by atoms with Gasteiger partial charge in [0, 0.05) is 6.92 Å². The number of carbonyl (C=O) groups is 2. The summed E-state index contributed by atoms with van der Waals surface area (Å²) in [6.45, 7) is 0.889. The van der Waals surface area contributed by atoms with Crippen molar-refractivity contribution >= 4 is 11.9 Å². The first-order chi connectivity index (χ1) is 7.71. The van der Waals surface area contributed by atoms with Crippen molar-refractivity contribution in [2.45, 2.75) is 44.2 Å². The van der Waals surface area contributed by atoms with Crippen LogP contribution in [0.15, 0.2) is 0 Å². The van der Waals surface area contributed by atoms with Crippen molar-refractivity contribution in [1.82, 2.24) is 0 Å². The summed E-state index contributed by atoms with van der Waals surface area (Å²) in [4.78, 5) is 22.0. The Kier molecular flexibility index (Phi) is 3.97. The summed E-state index contributed by atoms with van der Waals surface area (Å²) in [5.41, 5.74) is 4.84. The fourth-order valence-corrected chi connectivity index (χ4v) is 1.04. The average molecular weight is 255 g/mol. The smallest absolute Gasteiger partial charge is 0.407 e. The summed E-state index contributed by atoms with van der Waals surface area (Å²) in [7, 11) is 0. The zero-order valence-electron chi connectivity index (χ0n) is 8.99. The van der Waals surface area contributed by atoms with Gasteiger partial charge in [-0.3, -0.25) is 4.79 Å². The van der Waals surface area contributed by atoms with Gasteiger partial charge in [-0.15, -0.1) is 0 Å². The van der Waals surface area contributed by atoms with Crippen LogP contribution >= 0.6 is 0 Å². The Labute approximate surface area is 95.0 Å². The maximum Gasteiger partial charge on any atom is 0.407 e. The van der Waals surface area contributed by atoms with Gasteiger partial charge in [0.15, 0.2) is 0 Å². The highest BCUT2D eigenvalue weighted by molar-refractivity contribution is 5.79. The van der Waals surface area contributed by atoms with Gasteiger partial charge >= 0.3 is 18.1 Å². The van der Waals surface area contributed by atoms with Gasteiger partial charge in [-0.1, -0.05) is 0 Å². The van der Waals surface area contributed by atoms with E-state index < -0.39 is 30.3 Å². The Morgan fingerprint density at radius 3 is 2.24 bits per heavy atom. The van der Waals surface area contributed by atoms with Gasteiger partial charge < -0.3 is 15.2 Å². The van der Waals surface area contributed by atoms with Crippen molar-refractivity contribution in [2.24, 2.45) is 5.73 Å². The molecule has 0 aromatic carbocycles. The van der Waals surface area contributed by atoms with Crippen LogP contribution < -0.4 is 5.73 Å². The number of hydrogen-bond acceptors (Lipinski definition) is 5. The molecule has 98 valence electrons. The fourth-order valence-electron chi connectivity index (χ4n) is 1.04. The number of esters is 2. The molecule has 1 rings (SSSR count). The average Bonchev–Trinajstić information content (AvgIpc) is 2.94. The van der Waals surface area contributed by atoms with E-state index in [9.17, 15) is 22.8 Å². The first kappa shape index (κ1) is 13.8. The summed E-state index contributed by atoms with van der Waals surface area (Å²) < 4.78 is 45.9. The molecular formula is C9H12F3NO4. The molecular weight excluding hydrogens is 243 g/mol. The number of hydrogen-bond donors (Lipinski definition) is 1. The lowest BCUT2D eigenvalue weighted by molar-refractivity contribution is -0.196. The van der Waals surface area contributed by atoms with E-state index in [1.807, 2.05) is 0 Å². The monoisotopic (exact) mass is 255 g/mol. The Morgan fingerprint density at radius 2 is 1.88 bits per heavy atom. The lowest BCUT2D eigenvalue weighted by atomic mass is 10.1. The topological polar surface area (TPSA) is 78.6 Å². The quantitative estimate of drug-likeness (QED) is 0.740. The van der Waals surface area contributed by atoms with E-state index in [4.69, 9.17) is 5.73 Å². The van der Waals surface area contributed by atoms with Crippen molar-refractivity contribution in [3.05, 3.63) is 0 Å². The molecule has 0 saturated heterocycles. The number of carbonyl (C=O) groups excluding carboxylic acids is 2. The number of nitrogens with two attached hydrogens (primary N) is 1. The summed E-state index contributed by atoms with van der Waals surface area (Å²) in [6, 6.07) is -2.59. The second-order valence-corrected chi connectivity index (χ2v) is 3.73. The predicted octanol–water partition coefficient (Wildman–Crippen LogP) is 0.513. The van der Waals surface area contributed by atoms with Crippen LogP contribution in [-0.4, -0.2) is 36.4 Å².